The fourth-order valence-electron chi connectivity index (χ4n) is 2.43. The van der Waals surface area contributed by atoms with E-state index >= 15 is 0 Å². The van der Waals surface area contributed by atoms with Crippen molar-refractivity contribution in [2.45, 2.75) is 36.7 Å². The lowest BCUT2D eigenvalue weighted by molar-refractivity contribution is -0.116. The molecule has 0 saturated carbocycles. The number of rotatable bonds is 6. The topological polar surface area (TPSA) is 89.0 Å². The fraction of sp³-hybridized carbons (Fsp3) is 0.353. The van der Waals surface area contributed by atoms with E-state index in [1.165, 1.54) is 23.9 Å². The first-order chi connectivity index (χ1) is 11.7. The van der Waals surface area contributed by atoms with Gasteiger partial charge in [0.25, 0.3) is 0 Å². The van der Waals surface area contributed by atoms with Gasteiger partial charge in [-0.15, -0.1) is 0 Å². The second kappa shape index (κ2) is 7.97. The molecule has 0 saturated heterocycles. The number of thioether (sulfide) groups is 1. The van der Waals surface area contributed by atoms with Crippen molar-refractivity contribution in [3.8, 4) is 0 Å². The largest absolute Gasteiger partial charge is 0.326 e. The van der Waals surface area contributed by atoms with E-state index in [-0.39, 0.29) is 17.2 Å². The van der Waals surface area contributed by atoms with Crippen molar-refractivity contribution in [2.75, 3.05) is 17.8 Å². The summed E-state index contributed by atoms with van der Waals surface area (Å²) in [5, 5.41) is 3.46. The van der Waals surface area contributed by atoms with Crippen LogP contribution in [0.15, 0.2) is 34.3 Å². The molecular formula is C17H21N3O3S2. The highest BCUT2D eigenvalue weighted by atomic mass is 32.2. The molecule has 1 N–H and O–H groups in total. The van der Waals surface area contributed by atoms with Crippen molar-refractivity contribution in [1.82, 2.24) is 9.97 Å². The lowest BCUT2D eigenvalue weighted by Gasteiger charge is -2.10. The number of anilines is 1. The molecule has 2 rings (SSSR count). The number of hydrogen-bond donors (Lipinski definition) is 1. The first kappa shape index (κ1) is 19.4. The molecule has 0 aliphatic rings. The summed E-state index contributed by atoms with van der Waals surface area (Å²) in [6, 6.07) is 6.23. The van der Waals surface area contributed by atoms with Gasteiger partial charge in [-0.2, -0.15) is 0 Å². The summed E-state index contributed by atoms with van der Waals surface area (Å²) in [5.41, 5.74) is 3.20. The second-order valence-electron chi connectivity index (χ2n) is 5.71. The Morgan fingerprint density at radius 2 is 1.84 bits per heavy atom. The highest BCUT2D eigenvalue weighted by molar-refractivity contribution is 7.98. The Bertz CT molecular complexity index is 873. The first-order valence-corrected chi connectivity index (χ1v) is 10.8. The molecule has 0 bridgehead atoms. The summed E-state index contributed by atoms with van der Waals surface area (Å²) in [6.45, 7) is 3.83. The molecule has 0 aliphatic carbocycles. The van der Waals surface area contributed by atoms with Crippen LogP contribution in [0.5, 0.6) is 0 Å². The van der Waals surface area contributed by atoms with E-state index in [9.17, 15) is 13.2 Å². The maximum Gasteiger partial charge on any atom is 0.224 e. The molecule has 25 heavy (non-hydrogen) atoms. The van der Waals surface area contributed by atoms with Crippen LogP contribution in [0.2, 0.25) is 0 Å². The number of aromatic nitrogens is 2. The molecule has 1 aromatic carbocycles. The van der Waals surface area contributed by atoms with Crippen molar-refractivity contribution < 1.29 is 13.2 Å². The van der Waals surface area contributed by atoms with Crippen LogP contribution in [-0.4, -0.2) is 36.8 Å². The van der Waals surface area contributed by atoms with Gasteiger partial charge in [0.05, 0.1) is 4.90 Å². The van der Waals surface area contributed by atoms with Gasteiger partial charge in [0.2, 0.25) is 5.91 Å². The molecule has 2 aromatic rings. The summed E-state index contributed by atoms with van der Waals surface area (Å²) >= 11 is 1.48. The normalized spacial score (nSPS) is 11.4. The van der Waals surface area contributed by atoms with Crippen molar-refractivity contribution >= 4 is 33.2 Å². The molecule has 6 nitrogen and oxygen atoms in total. The Morgan fingerprint density at radius 3 is 2.40 bits per heavy atom. The fourth-order valence-corrected chi connectivity index (χ4v) is 3.55. The van der Waals surface area contributed by atoms with Gasteiger partial charge in [-0.1, -0.05) is 17.8 Å². The number of amides is 1. The van der Waals surface area contributed by atoms with Crippen LogP contribution in [0, 0.1) is 13.8 Å². The van der Waals surface area contributed by atoms with Gasteiger partial charge >= 0.3 is 0 Å². The zero-order valence-corrected chi connectivity index (χ0v) is 16.3. The van der Waals surface area contributed by atoms with Gasteiger partial charge in [-0.05, 0) is 50.3 Å². The predicted molar refractivity (Wildman–Crippen MR) is 99.8 cm³/mol. The van der Waals surface area contributed by atoms with Crippen LogP contribution in [0.3, 0.4) is 0 Å². The maximum atomic E-state index is 12.2. The maximum absolute atomic E-state index is 12.2. The number of nitrogens with zero attached hydrogens (tertiary/aromatic N) is 2. The smallest absolute Gasteiger partial charge is 0.224 e. The van der Waals surface area contributed by atoms with Crippen molar-refractivity contribution in [2.24, 2.45) is 0 Å². The highest BCUT2D eigenvalue weighted by Crippen LogP contribution is 2.18. The number of carbonyl (C=O) groups excluding carboxylic acids is 1. The Morgan fingerprint density at radius 1 is 1.20 bits per heavy atom. The number of hydrogen-bond acceptors (Lipinski definition) is 6. The molecular weight excluding hydrogens is 358 g/mol. The molecule has 0 fully saturated rings. The molecule has 1 heterocycles. The summed E-state index contributed by atoms with van der Waals surface area (Å²) in [6.07, 6.45) is 3.86. The van der Waals surface area contributed by atoms with E-state index in [4.69, 9.17) is 0 Å². The van der Waals surface area contributed by atoms with Gasteiger partial charge in [-0.25, -0.2) is 18.4 Å². The van der Waals surface area contributed by atoms with Crippen molar-refractivity contribution in [3.63, 3.8) is 0 Å². The summed E-state index contributed by atoms with van der Waals surface area (Å²) in [4.78, 5) is 21.2. The Labute approximate surface area is 152 Å². The van der Waals surface area contributed by atoms with E-state index in [0.717, 1.165) is 28.4 Å². The van der Waals surface area contributed by atoms with Crippen LogP contribution >= 0.6 is 11.8 Å². The van der Waals surface area contributed by atoms with E-state index in [1.807, 2.05) is 20.1 Å². The monoisotopic (exact) mass is 379 g/mol. The molecule has 8 heteroatoms. The average Bonchev–Trinajstić information content (AvgIpc) is 2.53. The molecule has 134 valence electrons. The lowest BCUT2D eigenvalue weighted by atomic mass is 10.1. The minimum Gasteiger partial charge on any atom is -0.326 e. The minimum atomic E-state index is -3.30. The lowest BCUT2D eigenvalue weighted by Crippen LogP contribution is -2.14. The van der Waals surface area contributed by atoms with E-state index in [1.54, 1.807) is 12.1 Å². The van der Waals surface area contributed by atoms with Gasteiger partial charge in [0.1, 0.15) is 0 Å². The molecule has 0 unspecified atom stereocenters. The van der Waals surface area contributed by atoms with Crippen LogP contribution < -0.4 is 5.32 Å². The summed E-state index contributed by atoms with van der Waals surface area (Å²) < 4.78 is 23.2. The van der Waals surface area contributed by atoms with E-state index in [0.29, 0.717) is 12.1 Å². The number of carbonyl (C=O) groups is 1. The molecule has 0 radical (unpaired) electrons. The number of aryl methyl sites for hydroxylation is 2. The summed E-state index contributed by atoms with van der Waals surface area (Å²) in [7, 11) is -3.30. The van der Waals surface area contributed by atoms with Crippen LogP contribution in [-0.2, 0) is 21.1 Å². The van der Waals surface area contributed by atoms with Gasteiger partial charge in [0, 0.05) is 29.8 Å². The predicted octanol–water partition coefficient (Wildman–Crippen LogP) is 2.79. The number of benzene rings is 1. The third kappa shape index (κ3) is 5.27. The van der Waals surface area contributed by atoms with Crippen molar-refractivity contribution in [3.05, 3.63) is 41.2 Å². The van der Waals surface area contributed by atoms with Gasteiger partial charge in [0.15, 0.2) is 15.0 Å². The van der Waals surface area contributed by atoms with Crippen LogP contribution in [0.1, 0.15) is 23.4 Å². The van der Waals surface area contributed by atoms with Gasteiger partial charge in [-0.3, -0.25) is 4.79 Å². The molecule has 1 amide bonds. The molecule has 0 aliphatic heterocycles. The third-order valence-electron chi connectivity index (χ3n) is 3.73. The molecule has 1 aromatic heterocycles. The number of nitrogens with one attached hydrogen (secondary N) is 1. The average molecular weight is 380 g/mol. The summed E-state index contributed by atoms with van der Waals surface area (Å²) in [5.74, 6) is -0.182. The SMILES string of the molecule is CSc1nc(C)c(CCC(=O)Nc2cccc(S(C)(=O)=O)c2)c(C)n1. The highest BCUT2D eigenvalue weighted by Gasteiger charge is 2.12. The quantitative estimate of drug-likeness (QED) is 0.613. The van der Waals surface area contributed by atoms with Crippen molar-refractivity contribution in [1.29, 1.82) is 0 Å². The molecule has 0 spiro atoms. The number of sulfone groups is 1. The Hall–Kier alpha value is -1.93. The standard InChI is InChI=1S/C17H21N3O3S2/c1-11-15(12(2)19-17(18-11)24-3)8-9-16(21)20-13-6-5-7-14(10-13)25(4,22)23/h5-7,10H,8-9H2,1-4H3,(H,20,21). The Kier molecular flexibility index (Phi) is 6.18. The molecule has 0 atom stereocenters. The Balaban J connectivity index is 2.05. The van der Waals surface area contributed by atoms with E-state index in [2.05, 4.69) is 15.3 Å². The zero-order valence-electron chi connectivity index (χ0n) is 14.7. The van der Waals surface area contributed by atoms with Crippen LogP contribution in [0.4, 0.5) is 5.69 Å². The minimum absolute atomic E-state index is 0.179. The zero-order chi connectivity index (χ0) is 18.6. The van der Waals surface area contributed by atoms with Crippen LogP contribution in [0.25, 0.3) is 0 Å². The van der Waals surface area contributed by atoms with E-state index < -0.39 is 9.84 Å². The first-order valence-electron chi connectivity index (χ1n) is 7.69. The van der Waals surface area contributed by atoms with Gasteiger partial charge < -0.3 is 5.32 Å². The second-order valence-corrected chi connectivity index (χ2v) is 8.50. The third-order valence-corrected chi connectivity index (χ3v) is 5.39.